The fraction of sp³-hybridized carbons (Fsp3) is 0.323. The highest BCUT2D eigenvalue weighted by Gasteiger charge is 2.62. The van der Waals surface area contributed by atoms with Crippen molar-refractivity contribution in [1.29, 1.82) is 0 Å². The van der Waals surface area contributed by atoms with Crippen LogP contribution >= 0.6 is 23.2 Å². The topological polar surface area (TPSA) is 87.7 Å². The summed E-state index contributed by atoms with van der Waals surface area (Å²) in [5.41, 5.74) is 0.0171. The zero-order valence-corrected chi connectivity index (χ0v) is 24.8. The van der Waals surface area contributed by atoms with Crippen LogP contribution in [0.3, 0.4) is 0 Å². The van der Waals surface area contributed by atoms with Gasteiger partial charge < -0.3 is 20.3 Å². The number of aryl methyl sites for hydroxylation is 1. The highest BCUT2D eigenvalue weighted by Crippen LogP contribution is 2.59. The van der Waals surface area contributed by atoms with Crippen LogP contribution < -0.4 is 15.4 Å². The predicted octanol–water partition coefficient (Wildman–Crippen LogP) is 5.92. The summed E-state index contributed by atoms with van der Waals surface area (Å²) >= 11 is 12.8. The van der Waals surface area contributed by atoms with Gasteiger partial charge in [0.2, 0.25) is 11.8 Å². The number of likely N-dealkylation sites (N-methyl/N-ethyl adjacent to an activating group) is 1. The van der Waals surface area contributed by atoms with E-state index in [4.69, 9.17) is 27.9 Å². The summed E-state index contributed by atoms with van der Waals surface area (Å²) in [6.07, 6.45) is -0.0981. The van der Waals surface area contributed by atoms with E-state index in [-0.39, 0.29) is 24.1 Å². The molecule has 1 fully saturated rings. The molecule has 3 aromatic carbocycles. The molecule has 0 bridgehead atoms. The van der Waals surface area contributed by atoms with E-state index in [1.165, 1.54) is 17.0 Å². The molecule has 3 aromatic rings. The lowest BCUT2D eigenvalue weighted by Gasteiger charge is -2.47. The minimum Gasteiger partial charge on any atom is -0.478 e. The Morgan fingerprint density at radius 2 is 1.71 bits per heavy atom. The van der Waals surface area contributed by atoms with Gasteiger partial charge in [-0.3, -0.25) is 14.4 Å². The molecule has 7 nitrogen and oxygen atoms in total. The van der Waals surface area contributed by atoms with Gasteiger partial charge in [-0.2, -0.15) is 0 Å². The van der Waals surface area contributed by atoms with Gasteiger partial charge in [0.05, 0.1) is 6.04 Å². The van der Waals surface area contributed by atoms with Crippen LogP contribution in [-0.4, -0.2) is 42.3 Å². The van der Waals surface area contributed by atoms with Crippen molar-refractivity contribution in [2.24, 2.45) is 0 Å². The van der Waals surface area contributed by atoms with Crippen LogP contribution in [0.2, 0.25) is 10.0 Å². The number of hydrogen-bond donors (Lipinski definition) is 2. The number of carbonyl (C=O) groups excluding carboxylic acids is 3. The van der Waals surface area contributed by atoms with E-state index in [1.807, 2.05) is 0 Å². The average Bonchev–Trinajstić information content (AvgIpc) is 3.18. The van der Waals surface area contributed by atoms with Crippen molar-refractivity contribution in [3.8, 4) is 5.75 Å². The minimum atomic E-state index is -1.44. The summed E-state index contributed by atoms with van der Waals surface area (Å²) in [7, 11) is 3.26. The monoisotopic (exact) mass is 597 g/mol. The molecule has 214 valence electrons. The summed E-state index contributed by atoms with van der Waals surface area (Å²) in [4.78, 5) is 42.2. The van der Waals surface area contributed by atoms with Crippen molar-refractivity contribution in [2.75, 3.05) is 19.4 Å². The molecule has 5 rings (SSSR count). The third kappa shape index (κ3) is 4.83. The molecule has 2 aliphatic rings. The van der Waals surface area contributed by atoms with Crippen molar-refractivity contribution >= 4 is 46.6 Å². The number of halogens is 3. The number of benzene rings is 3. The Hall–Kier alpha value is -3.62. The molecule has 0 unspecified atom stereocenters. The number of amides is 3. The Bertz CT molecular complexity index is 1590. The molecule has 0 radical (unpaired) electrons. The molecule has 0 saturated carbocycles. The standard InChI is InChI=1S/C31H30Cl2FN3O4/c1-16-6-9-19(34)14-20(16)27-31(22-10-7-18(33)13-24(22)35-28(31)39)23(15-26(38)36-27)21-12-17(32)8-11-25(21)41-30(2,3)29(40)37(4)5/h6-14,23,27H,15H2,1-5H3,(H,35,39)(H,36,38)/t23-,27+,31-/m1/s1. The molecular weight excluding hydrogens is 568 g/mol. The second kappa shape index (κ2) is 10.3. The number of piperidine rings is 1. The number of hydrogen-bond acceptors (Lipinski definition) is 4. The lowest BCUT2D eigenvalue weighted by atomic mass is 9.59. The molecule has 41 heavy (non-hydrogen) atoms. The first kappa shape index (κ1) is 28.9. The number of carbonyl (C=O) groups is 3. The summed E-state index contributed by atoms with van der Waals surface area (Å²) in [5, 5.41) is 6.74. The van der Waals surface area contributed by atoms with Gasteiger partial charge in [0.25, 0.3) is 5.91 Å². The zero-order valence-electron chi connectivity index (χ0n) is 23.3. The Kier molecular flexibility index (Phi) is 7.28. The van der Waals surface area contributed by atoms with Crippen molar-refractivity contribution < 1.29 is 23.5 Å². The molecule has 2 N–H and O–H groups in total. The van der Waals surface area contributed by atoms with Crippen LogP contribution in [0.1, 0.15) is 54.5 Å². The van der Waals surface area contributed by atoms with Gasteiger partial charge in [-0.1, -0.05) is 35.3 Å². The van der Waals surface area contributed by atoms with Gasteiger partial charge in [0.1, 0.15) is 17.0 Å². The van der Waals surface area contributed by atoms with Crippen molar-refractivity contribution in [2.45, 2.75) is 50.2 Å². The highest BCUT2D eigenvalue weighted by atomic mass is 35.5. The Balaban J connectivity index is 1.80. The first-order valence-corrected chi connectivity index (χ1v) is 13.9. The zero-order chi connectivity index (χ0) is 29.9. The van der Waals surface area contributed by atoms with Crippen LogP contribution in [0.25, 0.3) is 0 Å². The number of anilines is 1. The molecule has 1 saturated heterocycles. The van der Waals surface area contributed by atoms with Crippen LogP contribution in [0.15, 0.2) is 54.6 Å². The van der Waals surface area contributed by atoms with E-state index in [1.54, 1.807) is 77.3 Å². The Morgan fingerprint density at radius 1 is 1.02 bits per heavy atom. The Morgan fingerprint density at radius 3 is 2.41 bits per heavy atom. The highest BCUT2D eigenvalue weighted by molar-refractivity contribution is 6.31. The van der Waals surface area contributed by atoms with Gasteiger partial charge in [-0.05, 0) is 79.9 Å². The smallest absolute Gasteiger partial charge is 0.265 e. The van der Waals surface area contributed by atoms with E-state index in [0.29, 0.717) is 43.7 Å². The summed E-state index contributed by atoms with van der Waals surface area (Å²) in [6, 6.07) is 13.4. The van der Waals surface area contributed by atoms with E-state index in [9.17, 15) is 18.8 Å². The summed E-state index contributed by atoms with van der Waals surface area (Å²) in [6.45, 7) is 5.10. The quantitative estimate of drug-likeness (QED) is 0.382. The lowest BCUT2D eigenvalue weighted by Crippen LogP contribution is -2.57. The molecule has 10 heteroatoms. The third-order valence-corrected chi connectivity index (χ3v) is 8.41. The molecular formula is C31H30Cl2FN3O4. The average molecular weight is 599 g/mol. The number of nitrogens with one attached hydrogen (secondary N) is 2. The molecule has 2 aliphatic heterocycles. The largest absolute Gasteiger partial charge is 0.478 e. The number of nitrogens with zero attached hydrogens (tertiary/aromatic N) is 1. The van der Waals surface area contributed by atoms with Crippen molar-refractivity contribution in [1.82, 2.24) is 10.2 Å². The molecule has 3 amide bonds. The first-order chi connectivity index (χ1) is 19.2. The molecule has 0 aromatic heterocycles. The normalized spacial score (nSPS) is 21.8. The van der Waals surface area contributed by atoms with Crippen LogP contribution in [-0.2, 0) is 19.8 Å². The van der Waals surface area contributed by atoms with Crippen LogP contribution in [0, 0.1) is 12.7 Å². The fourth-order valence-electron chi connectivity index (χ4n) is 6.18. The minimum absolute atomic E-state index is 0.0981. The summed E-state index contributed by atoms with van der Waals surface area (Å²) in [5.74, 6) is -2.00. The number of fused-ring (bicyclic) bond motifs is 2. The van der Waals surface area contributed by atoms with E-state index >= 15 is 0 Å². The fourth-order valence-corrected chi connectivity index (χ4v) is 6.54. The Labute approximate surface area is 248 Å². The lowest BCUT2D eigenvalue weighted by molar-refractivity contribution is -0.143. The number of rotatable bonds is 5. The maximum absolute atomic E-state index is 14.7. The van der Waals surface area contributed by atoms with Crippen LogP contribution in [0.4, 0.5) is 10.1 Å². The van der Waals surface area contributed by atoms with Gasteiger partial charge in [-0.15, -0.1) is 0 Å². The maximum Gasteiger partial charge on any atom is 0.265 e. The van der Waals surface area contributed by atoms with E-state index < -0.39 is 28.8 Å². The third-order valence-electron chi connectivity index (χ3n) is 7.94. The van der Waals surface area contributed by atoms with Gasteiger partial charge in [0, 0.05) is 47.7 Å². The number of ether oxygens (including phenoxy) is 1. The second-order valence-corrected chi connectivity index (χ2v) is 12.1. The first-order valence-electron chi connectivity index (χ1n) is 13.1. The van der Waals surface area contributed by atoms with Gasteiger partial charge >= 0.3 is 0 Å². The SMILES string of the molecule is Cc1ccc(F)cc1[C@@H]1NC(=O)C[C@H](c2cc(Cl)ccc2OC(C)(C)C(=O)N(C)C)[C@@]12C(=O)Nc1cc(Cl)ccc12. The van der Waals surface area contributed by atoms with Gasteiger partial charge in [-0.25, -0.2) is 4.39 Å². The molecule has 2 heterocycles. The maximum atomic E-state index is 14.7. The second-order valence-electron chi connectivity index (χ2n) is 11.3. The molecule has 3 atom stereocenters. The molecule has 1 spiro atoms. The predicted molar refractivity (Wildman–Crippen MR) is 156 cm³/mol. The van der Waals surface area contributed by atoms with Gasteiger partial charge in [0.15, 0.2) is 5.60 Å². The van der Waals surface area contributed by atoms with Crippen molar-refractivity contribution in [3.05, 3.63) is 92.7 Å². The van der Waals surface area contributed by atoms with E-state index in [2.05, 4.69) is 10.6 Å². The summed E-state index contributed by atoms with van der Waals surface area (Å²) < 4.78 is 21.0. The molecule has 0 aliphatic carbocycles. The van der Waals surface area contributed by atoms with Crippen molar-refractivity contribution in [3.63, 3.8) is 0 Å². The van der Waals surface area contributed by atoms with Crippen LogP contribution in [0.5, 0.6) is 5.75 Å². The van der Waals surface area contributed by atoms with E-state index in [0.717, 1.165) is 0 Å².